The molecule has 1 fully saturated rings. The Kier molecular flexibility index (Phi) is 5.36. The molecule has 4 rings (SSSR count). The van der Waals surface area contributed by atoms with Gasteiger partial charge in [-0.15, -0.1) is 0 Å². The molecule has 31 heavy (non-hydrogen) atoms. The summed E-state index contributed by atoms with van der Waals surface area (Å²) in [6.45, 7) is 3.76. The Morgan fingerprint density at radius 1 is 1.29 bits per heavy atom. The van der Waals surface area contributed by atoms with Crippen molar-refractivity contribution in [2.45, 2.75) is 57.5 Å². The van der Waals surface area contributed by atoms with Crippen molar-refractivity contribution in [1.29, 1.82) is 0 Å². The fourth-order valence-electron chi connectivity index (χ4n) is 3.79. The minimum absolute atomic E-state index is 0.0679. The molecule has 2 aromatic heterocycles. The van der Waals surface area contributed by atoms with Crippen LogP contribution in [0.1, 0.15) is 37.6 Å². The number of aromatic nitrogens is 3. The lowest BCUT2D eigenvalue weighted by atomic mass is 9.89. The summed E-state index contributed by atoms with van der Waals surface area (Å²) >= 11 is 0. The van der Waals surface area contributed by atoms with Crippen molar-refractivity contribution in [2.24, 2.45) is 0 Å². The molecule has 2 aromatic rings. The summed E-state index contributed by atoms with van der Waals surface area (Å²) in [6.07, 6.45) is -1.52. The summed E-state index contributed by atoms with van der Waals surface area (Å²) in [7, 11) is 1.84. The number of carbonyl (C=O) groups is 1. The highest BCUT2D eigenvalue weighted by Crippen LogP contribution is 2.35. The molecule has 1 aliphatic heterocycles. The van der Waals surface area contributed by atoms with E-state index in [0.717, 1.165) is 12.3 Å². The number of amides is 1. The standard InChI is InChI=1S/C20H23F3N6O2/c1-4-14-18(30)27-16-10(2)25-19(28-17(16)29(14)3)26-11-7-13(8-11)31-12-5-6-15(24-9-12)20(21,22)23/h5-6,9,11,13-14H,4,7-8H2,1-3H3,(H,27,30)(H,25,26,28)/t11-,13-,14-/m0/s1. The number of anilines is 3. The second-order valence-corrected chi connectivity index (χ2v) is 7.78. The van der Waals surface area contributed by atoms with Gasteiger partial charge in [0, 0.05) is 25.9 Å². The first-order chi connectivity index (χ1) is 14.7. The minimum Gasteiger partial charge on any atom is -0.489 e. The maximum atomic E-state index is 12.6. The molecule has 0 radical (unpaired) electrons. The number of hydrogen-bond donors (Lipinski definition) is 2. The van der Waals surface area contributed by atoms with E-state index in [1.54, 1.807) is 0 Å². The van der Waals surface area contributed by atoms with Crippen LogP contribution in [-0.4, -0.2) is 46.1 Å². The van der Waals surface area contributed by atoms with Crippen molar-refractivity contribution in [3.63, 3.8) is 0 Å². The maximum absolute atomic E-state index is 12.6. The topological polar surface area (TPSA) is 92.3 Å². The molecule has 166 valence electrons. The van der Waals surface area contributed by atoms with Crippen LogP contribution < -0.4 is 20.3 Å². The second kappa shape index (κ2) is 7.86. The van der Waals surface area contributed by atoms with Gasteiger partial charge in [0.25, 0.3) is 0 Å². The Morgan fingerprint density at radius 3 is 2.65 bits per heavy atom. The quantitative estimate of drug-likeness (QED) is 0.742. The Hall–Kier alpha value is -3.11. The normalized spacial score (nSPS) is 23.0. The van der Waals surface area contributed by atoms with Crippen LogP contribution in [-0.2, 0) is 11.0 Å². The van der Waals surface area contributed by atoms with Gasteiger partial charge in [-0.25, -0.2) is 9.97 Å². The highest BCUT2D eigenvalue weighted by atomic mass is 19.4. The van der Waals surface area contributed by atoms with E-state index in [1.165, 1.54) is 6.07 Å². The van der Waals surface area contributed by atoms with Crippen LogP contribution in [0.3, 0.4) is 0 Å². The van der Waals surface area contributed by atoms with Gasteiger partial charge in [0.1, 0.15) is 29.3 Å². The molecule has 8 nitrogen and oxygen atoms in total. The first-order valence-electron chi connectivity index (χ1n) is 10.0. The predicted octanol–water partition coefficient (Wildman–Crippen LogP) is 3.39. The smallest absolute Gasteiger partial charge is 0.433 e. The number of carbonyl (C=O) groups excluding carboxylic acids is 1. The molecule has 0 bridgehead atoms. The predicted molar refractivity (Wildman–Crippen MR) is 108 cm³/mol. The zero-order valence-corrected chi connectivity index (χ0v) is 17.3. The molecular weight excluding hydrogens is 413 g/mol. The zero-order chi connectivity index (χ0) is 22.3. The first kappa shape index (κ1) is 21.1. The first-order valence-corrected chi connectivity index (χ1v) is 10.0. The number of alkyl halides is 3. The van der Waals surface area contributed by atoms with E-state index in [4.69, 9.17) is 4.74 Å². The summed E-state index contributed by atoms with van der Waals surface area (Å²) in [5, 5.41) is 6.16. The highest BCUT2D eigenvalue weighted by Gasteiger charge is 2.35. The van der Waals surface area contributed by atoms with Crippen molar-refractivity contribution in [1.82, 2.24) is 15.0 Å². The summed E-state index contributed by atoms with van der Waals surface area (Å²) < 4.78 is 43.5. The van der Waals surface area contributed by atoms with Crippen LogP contribution in [0.5, 0.6) is 5.75 Å². The van der Waals surface area contributed by atoms with Gasteiger partial charge in [-0.2, -0.15) is 18.2 Å². The fraction of sp³-hybridized carbons (Fsp3) is 0.500. The molecule has 11 heteroatoms. The number of fused-ring (bicyclic) bond motifs is 1. The third kappa shape index (κ3) is 4.21. The monoisotopic (exact) mass is 436 g/mol. The number of rotatable bonds is 5. The van der Waals surface area contributed by atoms with Crippen LogP contribution in [0.15, 0.2) is 18.3 Å². The number of aryl methyl sites for hydroxylation is 1. The molecule has 0 unspecified atom stereocenters. The minimum atomic E-state index is -4.47. The zero-order valence-electron chi connectivity index (χ0n) is 17.3. The van der Waals surface area contributed by atoms with Gasteiger partial charge in [0.15, 0.2) is 5.82 Å². The van der Waals surface area contributed by atoms with E-state index in [1.807, 2.05) is 25.8 Å². The maximum Gasteiger partial charge on any atom is 0.433 e. The molecule has 1 saturated carbocycles. The van der Waals surface area contributed by atoms with Crippen LogP contribution in [0.4, 0.5) is 30.6 Å². The summed E-state index contributed by atoms with van der Waals surface area (Å²) in [5.41, 5.74) is 0.344. The van der Waals surface area contributed by atoms with E-state index in [0.29, 0.717) is 48.2 Å². The summed E-state index contributed by atoms with van der Waals surface area (Å²) in [4.78, 5) is 26.5. The van der Waals surface area contributed by atoms with E-state index < -0.39 is 11.9 Å². The van der Waals surface area contributed by atoms with Gasteiger partial charge in [-0.1, -0.05) is 6.92 Å². The van der Waals surface area contributed by atoms with Gasteiger partial charge < -0.3 is 20.3 Å². The van der Waals surface area contributed by atoms with Gasteiger partial charge in [-0.05, 0) is 25.5 Å². The second-order valence-electron chi connectivity index (χ2n) is 7.78. The van der Waals surface area contributed by atoms with E-state index in [9.17, 15) is 18.0 Å². The Labute approximate surface area is 177 Å². The van der Waals surface area contributed by atoms with Crippen molar-refractivity contribution >= 4 is 23.4 Å². The van der Waals surface area contributed by atoms with E-state index in [2.05, 4.69) is 25.6 Å². The lowest BCUT2D eigenvalue weighted by molar-refractivity contribution is -0.141. The van der Waals surface area contributed by atoms with Crippen LogP contribution in [0.2, 0.25) is 0 Å². The molecule has 1 atom stereocenters. The Balaban J connectivity index is 1.36. The van der Waals surface area contributed by atoms with Gasteiger partial charge in [0.05, 0.1) is 11.9 Å². The van der Waals surface area contributed by atoms with Gasteiger partial charge in [-0.3, -0.25) is 4.79 Å². The molecule has 1 aliphatic carbocycles. The molecular formula is C20H23F3N6O2. The lowest BCUT2D eigenvalue weighted by Crippen LogP contribution is -2.47. The summed E-state index contributed by atoms with van der Waals surface area (Å²) in [5.74, 6) is 1.38. The lowest BCUT2D eigenvalue weighted by Gasteiger charge is -2.37. The number of nitrogens with one attached hydrogen (secondary N) is 2. The number of pyridine rings is 1. The van der Waals surface area contributed by atoms with Crippen molar-refractivity contribution < 1.29 is 22.7 Å². The number of nitrogens with zero attached hydrogens (tertiary/aromatic N) is 4. The number of halogens is 3. The Morgan fingerprint density at radius 2 is 2.03 bits per heavy atom. The molecule has 3 heterocycles. The van der Waals surface area contributed by atoms with Crippen molar-refractivity contribution in [3.05, 3.63) is 29.7 Å². The average molecular weight is 436 g/mol. The number of hydrogen-bond acceptors (Lipinski definition) is 7. The highest BCUT2D eigenvalue weighted by molar-refractivity contribution is 6.03. The molecule has 0 spiro atoms. The van der Waals surface area contributed by atoms with Gasteiger partial charge >= 0.3 is 6.18 Å². The van der Waals surface area contributed by atoms with E-state index in [-0.39, 0.29) is 24.1 Å². The molecule has 2 aliphatic rings. The van der Waals surface area contributed by atoms with Crippen LogP contribution in [0, 0.1) is 6.92 Å². The Bertz CT molecular complexity index is 976. The van der Waals surface area contributed by atoms with Gasteiger partial charge in [0.2, 0.25) is 11.9 Å². The average Bonchev–Trinajstić information content (AvgIpc) is 2.67. The molecule has 0 saturated heterocycles. The molecule has 1 amide bonds. The third-order valence-corrected chi connectivity index (χ3v) is 5.57. The third-order valence-electron chi connectivity index (χ3n) is 5.57. The molecule has 2 N–H and O–H groups in total. The SMILES string of the molecule is CC[C@H]1C(=O)Nc2c(C)nc(N[C@H]3C[C@H](Oc4ccc(C(F)(F)F)nc4)C3)nc2N1C. The number of ether oxygens (including phenoxy) is 1. The fourth-order valence-corrected chi connectivity index (χ4v) is 3.79. The van der Waals surface area contributed by atoms with Crippen LogP contribution >= 0.6 is 0 Å². The van der Waals surface area contributed by atoms with E-state index >= 15 is 0 Å². The van der Waals surface area contributed by atoms with Crippen molar-refractivity contribution in [3.8, 4) is 5.75 Å². The number of likely N-dealkylation sites (N-methyl/N-ethyl adjacent to an activating group) is 1. The van der Waals surface area contributed by atoms with Crippen molar-refractivity contribution in [2.75, 3.05) is 22.6 Å². The largest absolute Gasteiger partial charge is 0.489 e. The molecule has 0 aromatic carbocycles. The van der Waals surface area contributed by atoms with Crippen LogP contribution in [0.25, 0.3) is 0 Å². The summed E-state index contributed by atoms with van der Waals surface area (Å²) in [6, 6.07) is 1.98.